The number of pyridine rings is 2. The van der Waals surface area contributed by atoms with E-state index in [1.165, 1.54) is 18.3 Å². The van der Waals surface area contributed by atoms with E-state index in [-0.39, 0.29) is 10.6 Å². The highest BCUT2D eigenvalue weighted by atomic mass is 32.2. The van der Waals surface area contributed by atoms with E-state index in [4.69, 9.17) is 5.26 Å². The van der Waals surface area contributed by atoms with Gasteiger partial charge in [0.2, 0.25) is 10.0 Å². The van der Waals surface area contributed by atoms with Crippen molar-refractivity contribution in [2.24, 2.45) is 0 Å². The van der Waals surface area contributed by atoms with Crippen molar-refractivity contribution < 1.29 is 8.42 Å². The van der Waals surface area contributed by atoms with E-state index in [2.05, 4.69) is 14.7 Å². The molecule has 20 heavy (non-hydrogen) atoms. The fourth-order valence-corrected chi connectivity index (χ4v) is 3.05. The highest BCUT2D eigenvalue weighted by molar-refractivity contribution is 7.89. The standard InChI is InChI=1S/C13H12N4O2S/c1-10(11-4-7-15-8-5-11)17-20(18,19)13-3-2-6-16-12(13)9-14/h2-8,10,17H,1H3. The molecule has 2 rings (SSSR count). The molecule has 0 amide bonds. The van der Waals surface area contributed by atoms with Crippen LogP contribution in [0.1, 0.15) is 24.2 Å². The maximum atomic E-state index is 12.3. The minimum Gasteiger partial charge on any atom is -0.265 e. The molecule has 0 spiro atoms. The van der Waals surface area contributed by atoms with Gasteiger partial charge in [-0.3, -0.25) is 4.98 Å². The lowest BCUT2D eigenvalue weighted by molar-refractivity contribution is 0.566. The van der Waals surface area contributed by atoms with Crippen molar-refractivity contribution in [2.75, 3.05) is 0 Å². The van der Waals surface area contributed by atoms with E-state index in [0.29, 0.717) is 0 Å². The molecule has 6 nitrogen and oxygen atoms in total. The Morgan fingerprint density at radius 3 is 2.60 bits per heavy atom. The summed E-state index contributed by atoms with van der Waals surface area (Å²) in [6.45, 7) is 1.72. The number of sulfonamides is 1. The Kier molecular flexibility index (Phi) is 4.08. The number of hydrogen-bond donors (Lipinski definition) is 1. The summed E-state index contributed by atoms with van der Waals surface area (Å²) in [5, 5.41) is 8.92. The normalized spacial score (nSPS) is 12.6. The van der Waals surface area contributed by atoms with Crippen LogP contribution in [0.25, 0.3) is 0 Å². The molecule has 0 fully saturated rings. The van der Waals surface area contributed by atoms with Gasteiger partial charge in [0.05, 0.1) is 0 Å². The zero-order chi connectivity index (χ0) is 14.6. The summed E-state index contributed by atoms with van der Waals surface area (Å²) in [6.07, 6.45) is 4.56. The Morgan fingerprint density at radius 2 is 1.95 bits per heavy atom. The molecule has 0 aliphatic carbocycles. The summed E-state index contributed by atoms with van der Waals surface area (Å²) in [6, 6.07) is 7.62. The fraction of sp³-hybridized carbons (Fsp3) is 0.154. The van der Waals surface area contributed by atoms with Gasteiger partial charge in [0.1, 0.15) is 11.0 Å². The van der Waals surface area contributed by atoms with Crippen LogP contribution in [0.15, 0.2) is 47.8 Å². The van der Waals surface area contributed by atoms with Crippen LogP contribution in [0.4, 0.5) is 0 Å². The van der Waals surface area contributed by atoms with Gasteiger partial charge in [0, 0.05) is 24.6 Å². The summed E-state index contributed by atoms with van der Waals surface area (Å²) >= 11 is 0. The second-order valence-electron chi connectivity index (χ2n) is 4.09. The van der Waals surface area contributed by atoms with Gasteiger partial charge in [0.25, 0.3) is 0 Å². The number of nitrogens with one attached hydrogen (secondary N) is 1. The van der Waals surface area contributed by atoms with Gasteiger partial charge >= 0.3 is 0 Å². The van der Waals surface area contributed by atoms with Crippen LogP contribution in [0.2, 0.25) is 0 Å². The van der Waals surface area contributed by atoms with Crippen molar-refractivity contribution in [1.29, 1.82) is 5.26 Å². The molecule has 0 aliphatic heterocycles. The number of rotatable bonds is 4. The van der Waals surface area contributed by atoms with Crippen molar-refractivity contribution in [3.05, 3.63) is 54.1 Å². The third kappa shape index (κ3) is 2.99. The van der Waals surface area contributed by atoms with E-state index >= 15 is 0 Å². The van der Waals surface area contributed by atoms with Crippen LogP contribution in [0.5, 0.6) is 0 Å². The van der Waals surface area contributed by atoms with Gasteiger partial charge in [0.15, 0.2) is 5.69 Å². The Balaban J connectivity index is 2.31. The fourth-order valence-electron chi connectivity index (χ4n) is 1.71. The predicted octanol–water partition coefficient (Wildman–Crippen LogP) is 1.39. The van der Waals surface area contributed by atoms with Gasteiger partial charge in [-0.15, -0.1) is 0 Å². The van der Waals surface area contributed by atoms with Crippen molar-refractivity contribution in [3.63, 3.8) is 0 Å². The van der Waals surface area contributed by atoms with Crippen LogP contribution >= 0.6 is 0 Å². The molecule has 1 N–H and O–H groups in total. The number of hydrogen-bond acceptors (Lipinski definition) is 5. The van der Waals surface area contributed by atoms with E-state index < -0.39 is 16.1 Å². The van der Waals surface area contributed by atoms with E-state index in [1.807, 2.05) is 0 Å². The summed E-state index contributed by atoms with van der Waals surface area (Å²) in [5.41, 5.74) is 0.660. The van der Waals surface area contributed by atoms with Gasteiger partial charge < -0.3 is 0 Å². The second kappa shape index (κ2) is 5.77. The number of nitrogens with zero attached hydrogens (tertiary/aromatic N) is 3. The minimum atomic E-state index is -3.81. The first-order chi connectivity index (χ1) is 9.54. The minimum absolute atomic E-state index is 0.122. The van der Waals surface area contributed by atoms with Crippen LogP contribution in [0.3, 0.4) is 0 Å². The van der Waals surface area contributed by atoms with Gasteiger partial charge in [-0.25, -0.2) is 18.1 Å². The van der Waals surface area contributed by atoms with E-state index in [9.17, 15) is 8.42 Å². The van der Waals surface area contributed by atoms with E-state index in [0.717, 1.165) is 5.56 Å². The zero-order valence-corrected chi connectivity index (χ0v) is 11.5. The Bertz CT molecular complexity index is 738. The number of aromatic nitrogens is 2. The summed E-state index contributed by atoms with van der Waals surface area (Å²) in [5.74, 6) is 0. The highest BCUT2D eigenvalue weighted by Crippen LogP contribution is 2.17. The molecule has 2 heterocycles. The van der Waals surface area contributed by atoms with Crippen molar-refractivity contribution >= 4 is 10.0 Å². The molecule has 1 unspecified atom stereocenters. The third-order valence-corrected chi connectivity index (χ3v) is 4.28. The topological polar surface area (TPSA) is 95.7 Å². The van der Waals surface area contributed by atoms with Crippen molar-refractivity contribution in [2.45, 2.75) is 17.9 Å². The lowest BCUT2D eigenvalue weighted by Crippen LogP contribution is -2.27. The average molecular weight is 288 g/mol. The molecule has 7 heteroatoms. The molecule has 0 saturated heterocycles. The van der Waals surface area contributed by atoms with Crippen LogP contribution in [0, 0.1) is 11.3 Å². The summed E-state index contributed by atoms with van der Waals surface area (Å²) in [7, 11) is -3.81. The quantitative estimate of drug-likeness (QED) is 0.917. The SMILES string of the molecule is CC(NS(=O)(=O)c1cccnc1C#N)c1ccncc1. The maximum absolute atomic E-state index is 12.3. The number of nitriles is 1. The smallest absolute Gasteiger partial charge is 0.244 e. The maximum Gasteiger partial charge on any atom is 0.244 e. The molecule has 0 bridgehead atoms. The van der Waals surface area contributed by atoms with Crippen LogP contribution in [-0.4, -0.2) is 18.4 Å². The summed E-state index contributed by atoms with van der Waals surface area (Å²) < 4.78 is 27.1. The molecule has 1 atom stereocenters. The first-order valence-electron chi connectivity index (χ1n) is 5.82. The molecule has 2 aromatic rings. The van der Waals surface area contributed by atoms with Gasteiger partial charge in [-0.1, -0.05) is 0 Å². The molecule has 0 radical (unpaired) electrons. The molecule has 0 saturated carbocycles. The van der Waals surface area contributed by atoms with Crippen molar-refractivity contribution in [3.8, 4) is 6.07 Å². The molecule has 102 valence electrons. The van der Waals surface area contributed by atoms with Gasteiger partial charge in [-0.05, 0) is 36.8 Å². The largest absolute Gasteiger partial charge is 0.265 e. The summed E-state index contributed by atoms with van der Waals surface area (Å²) in [4.78, 5) is 7.51. The lowest BCUT2D eigenvalue weighted by atomic mass is 10.1. The lowest BCUT2D eigenvalue weighted by Gasteiger charge is -2.14. The third-order valence-electron chi connectivity index (χ3n) is 2.70. The molecular formula is C13H12N4O2S. The van der Waals surface area contributed by atoms with E-state index in [1.54, 1.807) is 37.5 Å². The second-order valence-corrected chi connectivity index (χ2v) is 5.77. The molecule has 2 aromatic heterocycles. The van der Waals surface area contributed by atoms with Crippen molar-refractivity contribution in [1.82, 2.24) is 14.7 Å². The Hall–Kier alpha value is -2.30. The highest BCUT2D eigenvalue weighted by Gasteiger charge is 2.22. The molecular weight excluding hydrogens is 276 g/mol. The monoisotopic (exact) mass is 288 g/mol. The molecule has 0 aromatic carbocycles. The van der Waals surface area contributed by atoms with Crippen LogP contribution < -0.4 is 4.72 Å². The average Bonchev–Trinajstić information content (AvgIpc) is 2.47. The zero-order valence-electron chi connectivity index (χ0n) is 10.7. The first-order valence-corrected chi connectivity index (χ1v) is 7.30. The molecule has 0 aliphatic rings. The van der Waals surface area contributed by atoms with Gasteiger partial charge in [-0.2, -0.15) is 5.26 Å². The Morgan fingerprint density at radius 1 is 1.25 bits per heavy atom. The first kappa shape index (κ1) is 14.1. The predicted molar refractivity (Wildman–Crippen MR) is 71.9 cm³/mol. The Labute approximate surface area is 117 Å². The van der Waals surface area contributed by atoms with Crippen LogP contribution in [-0.2, 0) is 10.0 Å².